The van der Waals surface area contributed by atoms with E-state index in [0.717, 1.165) is 12.8 Å². The standard InChI is InChI=1S/C10H10BrCl2NO2S/c11-7-5-8(12)10(9(13)6-7)17(15,16)14-3-1-2-4-14/h5-6H,1-4H2. The highest BCUT2D eigenvalue weighted by atomic mass is 79.9. The Bertz CT molecular complexity index is 518. The van der Waals surface area contributed by atoms with Crippen LogP contribution in [-0.4, -0.2) is 25.8 Å². The predicted octanol–water partition coefficient (Wildman–Crippen LogP) is 3.54. The van der Waals surface area contributed by atoms with Gasteiger partial charge < -0.3 is 0 Å². The van der Waals surface area contributed by atoms with E-state index in [1.165, 1.54) is 16.4 Å². The average molecular weight is 359 g/mol. The van der Waals surface area contributed by atoms with E-state index in [-0.39, 0.29) is 14.9 Å². The summed E-state index contributed by atoms with van der Waals surface area (Å²) in [5.41, 5.74) is 0. The van der Waals surface area contributed by atoms with Crippen LogP contribution in [0, 0.1) is 0 Å². The first-order valence-corrected chi connectivity index (χ1v) is 8.06. The fraction of sp³-hybridized carbons (Fsp3) is 0.400. The zero-order valence-electron chi connectivity index (χ0n) is 8.79. The van der Waals surface area contributed by atoms with Crippen molar-refractivity contribution in [1.29, 1.82) is 0 Å². The average Bonchev–Trinajstić information content (AvgIpc) is 2.67. The summed E-state index contributed by atoms with van der Waals surface area (Å²) >= 11 is 15.2. The van der Waals surface area contributed by atoms with Gasteiger partial charge in [-0.1, -0.05) is 39.1 Å². The monoisotopic (exact) mass is 357 g/mol. The maximum Gasteiger partial charge on any atom is 0.246 e. The fourth-order valence-electron chi connectivity index (χ4n) is 1.83. The maximum absolute atomic E-state index is 12.3. The van der Waals surface area contributed by atoms with Gasteiger partial charge in [-0.15, -0.1) is 0 Å². The molecule has 1 aliphatic rings. The first-order valence-electron chi connectivity index (χ1n) is 5.07. The Labute approximate surface area is 119 Å². The molecular formula is C10H10BrCl2NO2S. The van der Waals surface area contributed by atoms with E-state index in [1.807, 2.05) is 0 Å². The molecule has 0 aliphatic carbocycles. The van der Waals surface area contributed by atoms with E-state index >= 15 is 0 Å². The maximum atomic E-state index is 12.3. The van der Waals surface area contributed by atoms with Crippen LogP contribution in [0.2, 0.25) is 10.0 Å². The third kappa shape index (κ3) is 2.63. The number of hydrogen-bond donors (Lipinski definition) is 0. The predicted molar refractivity (Wildman–Crippen MR) is 72.2 cm³/mol. The molecule has 1 aliphatic heterocycles. The Kier molecular flexibility index (Phi) is 4.05. The Morgan fingerprint density at radius 2 is 1.59 bits per heavy atom. The number of nitrogens with zero attached hydrogens (tertiary/aromatic N) is 1. The number of hydrogen-bond acceptors (Lipinski definition) is 2. The highest BCUT2D eigenvalue weighted by molar-refractivity contribution is 9.10. The van der Waals surface area contributed by atoms with Gasteiger partial charge in [-0.25, -0.2) is 8.42 Å². The second-order valence-corrected chi connectivity index (χ2v) is 7.41. The Morgan fingerprint density at radius 1 is 1.12 bits per heavy atom. The van der Waals surface area contributed by atoms with E-state index in [1.54, 1.807) is 0 Å². The molecule has 1 aromatic carbocycles. The summed E-state index contributed by atoms with van der Waals surface area (Å²) in [6.07, 6.45) is 1.76. The van der Waals surface area contributed by atoms with Crippen molar-refractivity contribution in [2.45, 2.75) is 17.7 Å². The number of benzene rings is 1. The number of rotatable bonds is 2. The van der Waals surface area contributed by atoms with Crippen molar-refractivity contribution in [2.24, 2.45) is 0 Å². The van der Waals surface area contributed by atoms with Gasteiger partial charge in [-0.2, -0.15) is 4.31 Å². The summed E-state index contributed by atoms with van der Waals surface area (Å²) in [6.45, 7) is 1.07. The van der Waals surface area contributed by atoms with Crippen LogP contribution >= 0.6 is 39.1 Å². The van der Waals surface area contributed by atoms with Crippen molar-refractivity contribution in [3.8, 4) is 0 Å². The largest absolute Gasteiger partial charge is 0.246 e. The van der Waals surface area contributed by atoms with E-state index in [9.17, 15) is 8.42 Å². The highest BCUT2D eigenvalue weighted by Gasteiger charge is 2.31. The third-order valence-corrected chi connectivity index (χ3v) is 5.90. The van der Waals surface area contributed by atoms with Crippen LogP contribution in [0.3, 0.4) is 0 Å². The molecule has 0 spiro atoms. The van der Waals surface area contributed by atoms with Crippen LogP contribution in [0.5, 0.6) is 0 Å². The Morgan fingerprint density at radius 3 is 2.06 bits per heavy atom. The van der Waals surface area contributed by atoms with Crippen LogP contribution in [0.4, 0.5) is 0 Å². The van der Waals surface area contributed by atoms with E-state index < -0.39 is 10.0 Å². The molecule has 17 heavy (non-hydrogen) atoms. The summed E-state index contributed by atoms with van der Waals surface area (Å²) in [4.78, 5) is 0.00549. The summed E-state index contributed by atoms with van der Waals surface area (Å²) in [6, 6.07) is 3.08. The van der Waals surface area contributed by atoms with Gasteiger partial charge in [0.15, 0.2) is 0 Å². The molecule has 1 aromatic rings. The van der Waals surface area contributed by atoms with Crippen LogP contribution in [0.15, 0.2) is 21.5 Å². The highest BCUT2D eigenvalue weighted by Crippen LogP contribution is 2.35. The lowest BCUT2D eigenvalue weighted by Gasteiger charge is -2.17. The minimum Gasteiger partial charge on any atom is -0.207 e. The van der Waals surface area contributed by atoms with Gasteiger partial charge in [0.2, 0.25) is 10.0 Å². The van der Waals surface area contributed by atoms with Gasteiger partial charge >= 0.3 is 0 Å². The molecule has 2 rings (SSSR count). The second kappa shape index (κ2) is 5.05. The van der Waals surface area contributed by atoms with Gasteiger partial charge in [-0.3, -0.25) is 0 Å². The molecule has 1 saturated heterocycles. The lowest BCUT2D eigenvalue weighted by molar-refractivity contribution is 0.477. The summed E-state index contributed by atoms with van der Waals surface area (Å²) < 4.78 is 26.7. The van der Waals surface area contributed by atoms with Crippen LogP contribution in [0.1, 0.15) is 12.8 Å². The first kappa shape index (κ1) is 13.6. The molecule has 0 N–H and O–H groups in total. The quantitative estimate of drug-likeness (QED) is 0.810. The topological polar surface area (TPSA) is 37.4 Å². The van der Waals surface area contributed by atoms with Gasteiger partial charge in [-0.05, 0) is 25.0 Å². The number of halogens is 3. The Balaban J connectivity index is 2.53. The zero-order valence-corrected chi connectivity index (χ0v) is 12.7. The molecule has 0 atom stereocenters. The Hall–Kier alpha value is 0.190. The molecule has 3 nitrogen and oxygen atoms in total. The molecule has 0 bridgehead atoms. The van der Waals surface area contributed by atoms with Crippen molar-refractivity contribution >= 4 is 49.2 Å². The normalized spacial score (nSPS) is 17.6. The molecule has 94 valence electrons. The summed E-state index contributed by atoms with van der Waals surface area (Å²) in [7, 11) is -3.57. The van der Waals surface area contributed by atoms with Crippen LogP contribution < -0.4 is 0 Å². The molecule has 0 radical (unpaired) electrons. The molecule has 7 heteroatoms. The minimum absolute atomic E-state index is 0.00549. The van der Waals surface area contributed by atoms with Crippen molar-refractivity contribution < 1.29 is 8.42 Å². The lowest BCUT2D eigenvalue weighted by atomic mass is 10.4. The minimum atomic E-state index is -3.57. The van der Waals surface area contributed by atoms with Crippen molar-refractivity contribution in [3.63, 3.8) is 0 Å². The summed E-state index contributed by atoms with van der Waals surface area (Å²) in [5.74, 6) is 0. The van der Waals surface area contributed by atoms with E-state index in [0.29, 0.717) is 17.6 Å². The summed E-state index contributed by atoms with van der Waals surface area (Å²) in [5, 5.41) is 0.299. The second-order valence-electron chi connectivity index (χ2n) is 3.81. The molecule has 0 unspecified atom stereocenters. The van der Waals surface area contributed by atoms with Crippen LogP contribution in [-0.2, 0) is 10.0 Å². The van der Waals surface area contributed by atoms with Crippen LogP contribution in [0.25, 0.3) is 0 Å². The van der Waals surface area contributed by atoms with Crippen molar-refractivity contribution in [1.82, 2.24) is 4.31 Å². The lowest BCUT2D eigenvalue weighted by Crippen LogP contribution is -2.28. The molecule has 0 amide bonds. The van der Waals surface area contributed by atoms with E-state index in [4.69, 9.17) is 23.2 Å². The molecule has 1 fully saturated rings. The van der Waals surface area contributed by atoms with E-state index in [2.05, 4.69) is 15.9 Å². The number of sulfonamides is 1. The zero-order chi connectivity index (χ0) is 12.6. The smallest absolute Gasteiger partial charge is 0.207 e. The SMILES string of the molecule is O=S(=O)(c1c(Cl)cc(Br)cc1Cl)N1CCCC1. The van der Waals surface area contributed by atoms with Gasteiger partial charge in [0.05, 0.1) is 10.0 Å². The fourth-order valence-corrected chi connectivity index (χ4v) is 5.23. The van der Waals surface area contributed by atoms with Crippen molar-refractivity contribution in [3.05, 3.63) is 26.7 Å². The molecule has 0 aromatic heterocycles. The van der Waals surface area contributed by atoms with Gasteiger partial charge in [0.1, 0.15) is 4.90 Å². The third-order valence-electron chi connectivity index (χ3n) is 2.63. The molecule has 1 heterocycles. The van der Waals surface area contributed by atoms with Gasteiger partial charge in [0, 0.05) is 17.6 Å². The molecule has 0 saturated carbocycles. The first-order chi connectivity index (χ1) is 7.93. The van der Waals surface area contributed by atoms with Crippen molar-refractivity contribution in [2.75, 3.05) is 13.1 Å². The van der Waals surface area contributed by atoms with Gasteiger partial charge in [0.25, 0.3) is 0 Å². The molecular weight excluding hydrogens is 349 g/mol.